The molecule has 1 aromatic rings. The molecule has 3 unspecified atom stereocenters. The Kier molecular flexibility index (Phi) is 6.03. The highest BCUT2D eigenvalue weighted by molar-refractivity contribution is 7.09. The molecule has 0 aliphatic heterocycles. The van der Waals surface area contributed by atoms with Crippen molar-refractivity contribution in [3.05, 3.63) is 16.1 Å². The average Bonchev–Trinajstić information content (AvgIpc) is 2.82. The summed E-state index contributed by atoms with van der Waals surface area (Å²) in [5.41, 5.74) is 1.18. The lowest BCUT2D eigenvalue weighted by Crippen LogP contribution is -2.35. The van der Waals surface area contributed by atoms with Crippen molar-refractivity contribution in [1.29, 1.82) is 0 Å². The Labute approximate surface area is 128 Å². The van der Waals surface area contributed by atoms with Crippen LogP contribution in [0, 0.1) is 30.6 Å². The van der Waals surface area contributed by atoms with Crippen molar-refractivity contribution in [3.63, 3.8) is 0 Å². The highest BCUT2D eigenvalue weighted by Crippen LogP contribution is 2.39. The van der Waals surface area contributed by atoms with Gasteiger partial charge in [-0.15, -0.1) is 11.3 Å². The summed E-state index contributed by atoms with van der Waals surface area (Å²) in [6.07, 6.45) is 5.40. The van der Waals surface area contributed by atoms with E-state index in [1.54, 1.807) is 0 Å². The van der Waals surface area contributed by atoms with Crippen LogP contribution in [0.1, 0.15) is 50.7 Å². The smallest absolute Gasteiger partial charge is 0.0930 e. The Morgan fingerprint density at radius 1 is 1.35 bits per heavy atom. The SMILES string of the molecule is CCNCC1CCC(C(C)C)CC1Cc1nc(C)cs1. The number of rotatable bonds is 6. The molecule has 0 saturated heterocycles. The van der Waals surface area contributed by atoms with Crippen molar-refractivity contribution >= 4 is 11.3 Å². The molecular formula is C17H30N2S. The number of nitrogens with one attached hydrogen (secondary N) is 1. The first-order chi connectivity index (χ1) is 9.60. The van der Waals surface area contributed by atoms with Crippen LogP contribution in [0.3, 0.4) is 0 Å². The van der Waals surface area contributed by atoms with E-state index in [0.29, 0.717) is 0 Å². The van der Waals surface area contributed by atoms with Gasteiger partial charge in [-0.25, -0.2) is 4.98 Å². The van der Waals surface area contributed by atoms with Gasteiger partial charge in [0.2, 0.25) is 0 Å². The number of aromatic nitrogens is 1. The fourth-order valence-corrected chi connectivity index (χ4v) is 4.40. The molecule has 1 N–H and O–H groups in total. The van der Waals surface area contributed by atoms with Gasteiger partial charge in [-0.3, -0.25) is 0 Å². The summed E-state index contributed by atoms with van der Waals surface area (Å²) in [5.74, 6) is 3.41. The number of nitrogens with zero attached hydrogens (tertiary/aromatic N) is 1. The molecule has 1 saturated carbocycles. The van der Waals surface area contributed by atoms with Crippen molar-refractivity contribution in [2.75, 3.05) is 13.1 Å². The van der Waals surface area contributed by atoms with E-state index in [-0.39, 0.29) is 0 Å². The molecular weight excluding hydrogens is 264 g/mol. The van der Waals surface area contributed by atoms with Gasteiger partial charge in [-0.1, -0.05) is 20.8 Å². The van der Waals surface area contributed by atoms with Crippen LogP contribution in [-0.4, -0.2) is 18.1 Å². The summed E-state index contributed by atoms with van der Waals surface area (Å²) in [5, 5.41) is 7.10. The van der Waals surface area contributed by atoms with Gasteiger partial charge in [-0.05, 0) is 62.9 Å². The minimum Gasteiger partial charge on any atom is -0.317 e. The maximum absolute atomic E-state index is 4.69. The van der Waals surface area contributed by atoms with Crippen LogP contribution in [0.5, 0.6) is 0 Å². The van der Waals surface area contributed by atoms with Crippen LogP contribution in [0.2, 0.25) is 0 Å². The van der Waals surface area contributed by atoms with Gasteiger partial charge in [0.25, 0.3) is 0 Å². The van der Waals surface area contributed by atoms with Gasteiger partial charge in [0.1, 0.15) is 0 Å². The van der Waals surface area contributed by atoms with Gasteiger partial charge in [-0.2, -0.15) is 0 Å². The number of thiazole rings is 1. The second-order valence-electron chi connectivity index (χ2n) is 6.73. The molecule has 2 nitrogen and oxygen atoms in total. The van der Waals surface area contributed by atoms with Crippen molar-refractivity contribution in [2.24, 2.45) is 23.7 Å². The maximum Gasteiger partial charge on any atom is 0.0930 e. The Hall–Kier alpha value is -0.410. The van der Waals surface area contributed by atoms with Crippen LogP contribution in [0.25, 0.3) is 0 Å². The van der Waals surface area contributed by atoms with Crippen molar-refractivity contribution in [2.45, 2.75) is 53.4 Å². The van der Waals surface area contributed by atoms with E-state index in [1.807, 2.05) is 11.3 Å². The monoisotopic (exact) mass is 294 g/mol. The van der Waals surface area contributed by atoms with Crippen LogP contribution >= 0.6 is 11.3 Å². The summed E-state index contributed by atoms with van der Waals surface area (Å²) in [6.45, 7) is 11.4. The Bertz CT molecular complexity index is 399. The fourth-order valence-electron chi connectivity index (χ4n) is 3.54. The molecule has 114 valence electrons. The molecule has 0 radical (unpaired) electrons. The van der Waals surface area contributed by atoms with E-state index in [4.69, 9.17) is 0 Å². The number of hydrogen-bond donors (Lipinski definition) is 1. The summed E-state index contributed by atoms with van der Waals surface area (Å²) >= 11 is 1.85. The van der Waals surface area contributed by atoms with Gasteiger partial charge < -0.3 is 5.32 Å². The molecule has 1 aliphatic carbocycles. The number of hydrogen-bond acceptors (Lipinski definition) is 3. The minimum absolute atomic E-state index is 0.820. The molecule has 20 heavy (non-hydrogen) atoms. The first-order valence-electron chi connectivity index (χ1n) is 8.21. The Morgan fingerprint density at radius 2 is 2.15 bits per heavy atom. The molecule has 1 heterocycles. The van der Waals surface area contributed by atoms with E-state index in [0.717, 1.165) is 30.2 Å². The summed E-state index contributed by atoms with van der Waals surface area (Å²) in [7, 11) is 0. The van der Waals surface area contributed by atoms with Gasteiger partial charge in [0.15, 0.2) is 0 Å². The van der Waals surface area contributed by atoms with Crippen LogP contribution in [0.15, 0.2) is 5.38 Å². The van der Waals surface area contributed by atoms with Crippen molar-refractivity contribution in [3.8, 4) is 0 Å². The van der Waals surface area contributed by atoms with Crippen molar-refractivity contribution in [1.82, 2.24) is 10.3 Å². The predicted molar refractivity (Wildman–Crippen MR) is 88.3 cm³/mol. The molecule has 0 amide bonds. The largest absolute Gasteiger partial charge is 0.317 e. The van der Waals surface area contributed by atoms with E-state index in [2.05, 4.69) is 43.4 Å². The molecule has 0 aromatic carbocycles. The lowest BCUT2D eigenvalue weighted by Gasteiger charge is -2.38. The zero-order valence-corrected chi connectivity index (χ0v) is 14.3. The van der Waals surface area contributed by atoms with Crippen molar-refractivity contribution < 1.29 is 0 Å². The first kappa shape index (κ1) is 16.0. The highest BCUT2D eigenvalue weighted by Gasteiger charge is 2.32. The predicted octanol–water partition coefficient (Wildman–Crippen LogP) is 4.29. The Morgan fingerprint density at radius 3 is 2.75 bits per heavy atom. The van der Waals surface area contributed by atoms with Crippen LogP contribution in [0.4, 0.5) is 0 Å². The van der Waals surface area contributed by atoms with Gasteiger partial charge in [0.05, 0.1) is 5.01 Å². The summed E-state index contributed by atoms with van der Waals surface area (Å²) < 4.78 is 0. The lowest BCUT2D eigenvalue weighted by molar-refractivity contribution is 0.145. The van der Waals surface area contributed by atoms with Gasteiger partial charge >= 0.3 is 0 Å². The molecule has 1 fully saturated rings. The topological polar surface area (TPSA) is 24.9 Å². The third-order valence-electron chi connectivity index (χ3n) is 4.88. The molecule has 1 aliphatic rings. The van der Waals surface area contributed by atoms with Crippen LogP contribution < -0.4 is 5.32 Å². The van der Waals surface area contributed by atoms with Crippen LogP contribution in [-0.2, 0) is 6.42 Å². The Balaban J connectivity index is 2.00. The zero-order chi connectivity index (χ0) is 14.5. The first-order valence-corrected chi connectivity index (χ1v) is 9.09. The lowest BCUT2D eigenvalue weighted by atomic mass is 9.69. The normalized spacial score (nSPS) is 27.1. The van der Waals surface area contributed by atoms with E-state index < -0.39 is 0 Å². The van der Waals surface area contributed by atoms with Gasteiger partial charge in [0, 0.05) is 17.5 Å². The van der Waals surface area contributed by atoms with E-state index in [9.17, 15) is 0 Å². The molecule has 0 bridgehead atoms. The summed E-state index contributed by atoms with van der Waals surface area (Å²) in [4.78, 5) is 4.69. The summed E-state index contributed by atoms with van der Waals surface area (Å²) in [6, 6.07) is 0. The quantitative estimate of drug-likeness (QED) is 0.846. The molecule has 1 aromatic heterocycles. The molecule has 0 spiro atoms. The molecule has 3 atom stereocenters. The second kappa shape index (κ2) is 7.56. The third-order valence-corrected chi connectivity index (χ3v) is 5.87. The second-order valence-corrected chi connectivity index (χ2v) is 7.67. The van der Waals surface area contributed by atoms with E-state index in [1.165, 1.54) is 42.9 Å². The minimum atomic E-state index is 0.820. The fraction of sp³-hybridized carbons (Fsp3) is 0.824. The third kappa shape index (κ3) is 4.29. The standard InChI is InChI=1S/C17H30N2S/c1-5-18-10-15-7-6-14(12(2)3)8-16(15)9-17-19-13(4)11-20-17/h11-12,14-16,18H,5-10H2,1-4H3. The van der Waals surface area contributed by atoms with E-state index >= 15 is 0 Å². The molecule has 3 heteroatoms. The number of aryl methyl sites for hydroxylation is 1. The highest BCUT2D eigenvalue weighted by atomic mass is 32.1. The molecule has 2 rings (SSSR count). The average molecular weight is 295 g/mol. The zero-order valence-electron chi connectivity index (χ0n) is 13.5. The maximum atomic E-state index is 4.69.